The minimum Gasteiger partial charge on any atom is -0.444 e. The van der Waals surface area contributed by atoms with Crippen LogP contribution in [0.25, 0.3) is 17.1 Å². The second-order valence-electron chi connectivity index (χ2n) is 6.65. The molecule has 0 aliphatic rings. The van der Waals surface area contributed by atoms with Crippen molar-refractivity contribution in [3.8, 4) is 22.8 Å². The number of hydrogen-bond donors (Lipinski definition) is 0. The van der Waals surface area contributed by atoms with E-state index in [1.165, 1.54) is 11.0 Å². The molecule has 3 rings (SSSR count). The number of rotatable bonds is 6. The van der Waals surface area contributed by atoms with Crippen LogP contribution in [0, 0.1) is 0 Å². The maximum atomic E-state index is 13.7. The lowest BCUT2D eigenvalue weighted by Gasteiger charge is -2.29. The Morgan fingerprint density at radius 1 is 0.839 bits per heavy atom. The Balaban J connectivity index is 1.79. The van der Waals surface area contributed by atoms with E-state index in [9.17, 15) is 30.7 Å². The number of aromatic nitrogens is 3. The minimum atomic E-state index is -6.31. The summed E-state index contributed by atoms with van der Waals surface area (Å²) >= 11 is 0. The van der Waals surface area contributed by atoms with Gasteiger partial charge in [0.2, 0.25) is 0 Å². The summed E-state index contributed by atoms with van der Waals surface area (Å²) in [5, 5.41) is 4.24. The molecule has 0 bridgehead atoms. The fourth-order valence-corrected chi connectivity index (χ4v) is 2.73. The summed E-state index contributed by atoms with van der Waals surface area (Å²) in [4.78, 5) is 4.15. The molecule has 0 N–H and O–H groups in total. The molecule has 0 aliphatic carbocycles. The van der Waals surface area contributed by atoms with Crippen molar-refractivity contribution in [1.29, 1.82) is 0 Å². The monoisotopic (exact) mass is 447 g/mol. The molecule has 3 aromatic rings. The summed E-state index contributed by atoms with van der Waals surface area (Å²) in [6.45, 7) is 2.06. The zero-order chi connectivity index (χ0) is 22.9. The van der Waals surface area contributed by atoms with E-state index in [0.29, 0.717) is 5.82 Å². The van der Waals surface area contributed by atoms with Gasteiger partial charge in [-0.25, -0.2) is 9.67 Å². The Kier molecular flexibility index (Phi) is 5.97. The summed E-state index contributed by atoms with van der Waals surface area (Å²) in [6.07, 6.45) is -9.36. The molecule has 0 amide bonds. The van der Waals surface area contributed by atoms with Crippen LogP contribution < -0.4 is 4.74 Å². The summed E-state index contributed by atoms with van der Waals surface area (Å²) in [7, 11) is 0. The van der Waals surface area contributed by atoms with Crippen molar-refractivity contribution in [2.24, 2.45) is 0 Å². The molecule has 4 nitrogen and oxygen atoms in total. The van der Waals surface area contributed by atoms with Gasteiger partial charge in [0, 0.05) is 5.56 Å². The molecule has 0 aliphatic heterocycles. The third-order valence-electron chi connectivity index (χ3n) is 4.33. The van der Waals surface area contributed by atoms with Crippen molar-refractivity contribution < 1.29 is 35.5 Å². The molecule has 0 atom stereocenters. The number of halogens is 7. The van der Waals surface area contributed by atoms with E-state index in [1.807, 2.05) is 24.3 Å². The molecular weight excluding hydrogens is 431 g/mol. The molecular formula is C20H16F7N3O. The van der Waals surface area contributed by atoms with E-state index in [4.69, 9.17) is 0 Å². The van der Waals surface area contributed by atoms with Crippen LogP contribution >= 0.6 is 0 Å². The third kappa shape index (κ3) is 4.64. The predicted molar refractivity (Wildman–Crippen MR) is 97.4 cm³/mol. The second-order valence-corrected chi connectivity index (χ2v) is 6.65. The summed E-state index contributed by atoms with van der Waals surface area (Å²) < 4.78 is 94.3. The summed E-state index contributed by atoms with van der Waals surface area (Å²) in [6, 6.07) is 11.4. The number of hydrogen-bond acceptors (Lipinski definition) is 3. The van der Waals surface area contributed by atoms with Gasteiger partial charge in [-0.05, 0) is 36.2 Å². The Bertz CT molecular complexity index is 995. The molecule has 1 heterocycles. The highest BCUT2D eigenvalue weighted by atomic mass is 19.4. The average Bonchev–Trinajstić information content (AvgIpc) is 3.18. The Hall–Kier alpha value is -3.11. The van der Waals surface area contributed by atoms with Gasteiger partial charge in [-0.1, -0.05) is 37.6 Å². The summed E-state index contributed by atoms with van der Waals surface area (Å²) in [5.41, 5.74) is 2.16. The van der Waals surface area contributed by atoms with Crippen molar-refractivity contribution >= 4 is 0 Å². The van der Waals surface area contributed by atoms with Crippen LogP contribution in [-0.4, -0.2) is 33.0 Å². The maximum absolute atomic E-state index is 13.7. The minimum absolute atomic E-state index is 0.275. The molecule has 2 aromatic carbocycles. The Labute approximate surface area is 172 Å². The zero-order valence-corrected chi connectivity index (χ0v) is 16.0. The van der Waals surface area contributed by atoms with Gasteiger partial charge < -0.3 is 4.74 Å². The fraction of sp³-hybridized carbons (Fsp3) is 0.300. The third-order valence-corrected chi connectivity index (χ3v) is 4.33. The van der Waals surface area contributed by atoms with Crippen LogP contribution in [0.2, 0.25) is 0 Å². The molecule has 0 fully saturated rings. The van der Waals surface area contributed by atoms with Crippen molar-refractivity contribution in [2.75, 3.05) is 0 Å². The van der Waals surface area contributed by atoms with Gasteiger partial charge >= 0.3 is 18.2 Å². The zero-order valence-electron chi connectivity index (χ0n) is 16.0. The first-order chi connectivity index (χ1) is 14.4. The largest absolute Gasteiger partial charge is 0.470 e. The molecule has 166 valence electrons. The molecule has 0 spiro atoms. The molecule has 0 radical (unpaired) electrons. The maximum Gasteiger partial charge on any atom is 0.470 e. The number of alkyl halides is 7. The highest BCUT2D eigenvalue weighted by molar-refractivity contribution is 5.55. The van der Waals surface area contributed by atoms with E-state index in [2.05, 4.69) is 21.7 Å². The van der Waals surface area contributed by atoms with E-state index in [-0.39, 0.29) is 5.69 Å². The predicted octanol–water partition coefficient (Wildman–Crippen LogP) is 6.06. The van der Waals surface area contributed by atoms with E-state index in [0.717, 1.165) is 48.2 Å². The highest BCUT2D eigenvalue weighted by Gasteiger charge is 2.76. The topological polar surface area (TPSA) is 39.9 Å². The van der Waals surface area contributed by atoms with Crippen LogP contribution in [0.3, 0.4) is 0 Å². The normalized spacial score (nSPS) is 12.8. The second kappa shape index (κ2) is 8.20. The van der Waals surface area contributed by atoms with Crippen molar-refractivity contribution in [1.82, 2.24) is 14.8 Å². The number of benzene rings is 2. The van der Waals surface area contributed by atoms with Gasteiger partial charge in [0.1, 0.15) is 12.1 Å². The number of nitrogens with zero attached hydrogens (tertiary/aromatic N) is 3. The SMILES string of the molecule is CCCc1ccc(-c2ncn(-c3ccc(OC(F)(C(F)(F)F)C(F)(F)F)cc3)n2)cc1. The summed E-state index contributed by atoms with van der Waals surface area (Å²) in [5.74, 6) is -6.40. The smallest absolute Gasteiger partial charge is 0.444 e. The molecule has 0 unspecified atom stereocenters. The highest BCUT2D eigenvalue weighted by Crippen LogP contribution is 2.47. The molecule has 0 saturated heterocycles. The first-order valence-corrected chi connectivity index (χ1v) is 9.07. The van der Waals surface area contributed by atoms with E-state index in [1.54, 1.807) is 0 Å². The molecule has 11 heteroatoms. The van der Waals surface area contributed by atoms with Gasteiger partial charge in [0.25, 0.3) is 0 Å². The number of ether oxygens (including phenoxy) is 1. The van der Waals surface area contributed by atoms with Crippen LogP contribution in [-0.2, 0) is 6.42 Å². The first-order valence-electron chi connectivity index (χ1n) is 9.07. The fourth-order valence-electron chi connectivity index (χ4n) is 2.73. The molecule has 31 heavy (non-hydrogen) atoms. The number of aryl methyl sites for hydroxylation is 1. The van der Waals surface area contributed by atoms with Crippen molar-refractivity contribution in [3.63, 3.8) is 0 Å². The van der Waals surface area contributed by atoms with Crippen molar-refractivity contribution in [2.45, 2.75) is 38.0 Å². The van der Waals surface area contributed by atoms with Gasteiger partial charge in [-0.3, -0.25) is 0 Å². The van der Waals surface area contributed by atoms with E-state index < -0.39 is 24.0 Å². The molecule has 1 aromatic heterocycles. The van der Waals surface area contributed by atoms with Gasteiger partial charge in [0.05, 0.1) is 5.69 Å². The van der Waals surface area contributed by atoms with Crippen LogP contribution in [0.1, 0.15) is 18.9 Å². The average molecular weight is 447 g/mol. The first kappa shape index (κ1) is 22.6. The molecule has 0 saturated carbocycles. The standard InChI is InChI=1S/C20H16F7N3O/c1-2-3-13-4-6-14(7-5-13)17-28-12-30(29-17)15-8-10-16(11-9-15)31-18(21,19(22,23)24)20(25,26)27/h4-12H,2-3H2,1H3. The van der Waals surface area contributed by atoms with Crippen LogP contribution in [0.15, 0.2) is 54.9 Å². The lowest BCUT2D eigenvalue weighted by atomic mass is 10.1. The lowest BCUT2D eigenvalue weighted by molar-refractivity contribution is -0.405. The van der Waals surface area contributed by atoms with Gasteiger partial charge in [0.15, 0.2) is 5.82 Å². The Morgan fingerprint density at radius 2 is 1.42 bits per heavy atom. The van der Waals surface area contributed by atoms with Gasteiger partial charge in [-0.2, -0.15) is 30.7 Å². The quantitative estimate of drug-likeness (QED) is 0.432. The lowest BCUT2D eigenvalue weighted by Crippen LogP contribution is -2.57. The van der Waals surface area contributed by atoms with Crippen LogP contribution in [0.4, 0.5) is 30.7 Å². The Morgan fingerprint density at radius 3 is 1.94 bits per heavy atom. The van der Waals surface area contributed by atoms with Crippen LogP contribution in [0.5, 0.6) is 5.75 Å². The van der Waals surface area contributed by atoms with E-state index >= 15 is 0 Å². The van der Waals surface area contributed by atoms with Gasteiger partial charge in [-0.15, -0.1) is 5.10 Å². The van der Waals surface area contributed by atoms with Crippen molar-refractivity contribution in [3.05, 3.63) is 60.4 Å².